The van der Waals surface area contributed by atoms with Gasteiger partial charge in [0.15, 0.2) is 0 Å². The van der Waals surface area contributed by atoms with Crippen LogP contribution in [-0.4, -0.2) is 8.42 Å². The smallest absolute Gasteiger partial charge is 0.264 e. The molecule has 0 aliphatic rings. The molecule has 0 aliphatic heterocycles. The molecule has 0 spiro atoms. The maximum absolute atomic E-state index is 13.8. The first kappa shape index (κ1) is 15.5. The third-order valence-corrected chi connectivity index (χ3v) is 4.72. The van der Waals surface area contributed by atoms with E-state index in [1.54, 1.807) is 13.0 Å². The predicted octanol–water partition coefficient (Wildman–Crippen LogP) is 3.81. The molecule has 2 aromatic rings. The summed E-state index contributed by atoms with van der Waals surface area (Å²) in [5, 5.41) is 0. The van der Waals surface area contributed by atoms with Crippen LogP contribution in [0.2, 0.25) is 0 Å². The fraction of sp³-hybridized carbons (Fsp3) is 0.250. The van der Waals surface area contributed by atoms with Crippen molar-refractivity contribution < 1.29 is 12.8 Å². The van der Waals surface area contributed by atoms with Crippen molar-refractivity contribution in [3.63, 3.8) is 0 Å². The average Bonchev–Trinajstić information content (AvgIpc) is 2.43. The third kappa shape index (κ3) is 3.24. The number of halogens is 1. The zero-order valence-corrected chi connectivity index (χ0v) is 13.1. The van der Waals surface area contributed by atoms with Crippen molar-refractivity contribution in [3.8, 4) is 0 Å². The SMILES string of the molecule is CCc1cccc(C)c1NS(=O)(=O)c1cc(C)ccc1F. The van der Waals surface area contributed by atoms with Gasteiger partial charge in [-0.05, 0) is 49.1 Å². The number of hydrogen-bond donors (Lipinski definition) is 1. The maximum atomic E-state index is 13.8. The van der Waals surface area contributed by atoms with Gasteiger partial charge in [0.05, 0.1) is 5.69 Å². The molecule has 21 heavy (non-hydrogen) atoms. The molecule has 0 radical (unpaired) electrons. The van der Waals surface area contributed by atoms with Crippen LogP contribution < -0.4 is 4.72 Å². The molecule has 0 aliphatic carbocycles. The molecule has 112 valence electrons. The number of anilines is 1. The minimum atomic E-state index is -3.95. The van der Waals surface area contributed by atoms with Crippen molar-refractivity contribution in [2.75, 3.05) is 4.72 Å². The van der Waals surface area contributed by atoms with E-state index in [9.17, 15) is 12.8 Å². The van der Waals surface area contributed by atoms with Gasteiger partial charge in [0.1, 0.15) is 10.7 Å². The first-order valence-electron chi connectivity index (χ1n) is 6.72. The van der Waals surface area contributed by atoms with E-state index in [1.165, 1.54) is 12.1 Å². The molecule has 0 saturated heterocycles. The Morgan fingerprint density at radius 2 is 1.86 bits per heavy atom. The Morgan fingerprint density at radius 1 is 1.14 bits per heavy atom. The summed E-state index contributed by atoms with van der Waals surface area (Å²) < 4.78 is 41.2. The van der Waals surface area contributed by atoms with Crippen molar-refractivity contribution in [1.29, 1.82) is 0 Å². The summed E-state index contributed by atoms with van der Waals surface area (Å²) in [4.78, 5) is -0.326. The molecule has 0 aromatic heterocycles. The van der Waals surface area contributed by atoms with Crippen molar-refractivity contribution >= 4 is 15.7 Å². The molecule has 2 aromatic carbocycles. The lowest BCUT2D eigenvalue weighted by Crippen LogP contribution is -2.16. The van der Waals surface area contributed by atoms with E-state index in [0.717, 1.165) is 11.1 Å². The minimum absolute atomic E-state index is 0.326. The molecular formula is C16H18FNO2S. The highest BCUT2D eigenvalue weighted by molar-refractivity contribution is 7.92. The quantitative estimate of drug-likeness (QED) is 0.933. The summed E-state index contributed by atoms with van der Waals surface area (Å²) in [6.45, 7) is 5.49. The predicted molar refractivity (Wildman–Crippen MR) is 82.5 cm³/mol. The second-order valence-corrected chi connectivity index (χ2v) is 6.65. The van der Waals surface area contributed by atoms with Crippen LogP contribution in [0.15, 0.2) is 41.3 Å². The number of nitrogens with one attached hydrogen (secondary N) is 1. The Balaban J connectivity index is 2.50. The molecule has 5 heteroatoms. The standard InChI is InChI=1S/C16H18FNO2S/c1-4-13-7-5-6-12(3)16(13)18-21(19,20)15-10-11(2)8-9-14(15)17/h5-10,18H,4H2,1-3H3. The second-order valence-electron chi connectivity index (χ2n) is 5.00. The summed E-state index contributed by atoms with van der Waals surface area (Å²) in [5.41, 5.74) is 2.91. The Hall–Kier alpha value is -1.88. The van der Waals surface area contributed by atoms with Gasteiger partial charge in [0.2, 0.25) is 0 Å². The van der Waals surface area contributed by atoms with E-state index < -0.39 is 15.8 Å². The summed E-state index contributed by atoms with van der Waals surface area (Å²) in [7, 11) is -3.95. The van der Waals surface area contributed by atoms with Crippen LogP contribution in [-0.2, 0) is 16.4 Å². The fourth-order valence-corrected chi connectivity index (χ4v) is 3.51. The van der Waals surface area contributed by atoms with Gasteiger partial charge in [0.25, 0.3) is 10.0 Å². The van der Waals surface area contributed by atoms with Gasteiger partial charge in [-0.15, -0.1) is 0 Å². The van der Waals surface area contributed by atoms with Crippen LogP contribution in [0.4, 0.5) is 10.1 Å². The van der Waals surface area contributed by atoms with Gasteiger partial charge >= 0.3 is 0 Å². The number of sulfonamides is 1. The number of aryl methyl sites for hydroxylation is 3. The Bertz CT molecular complexity index is 770. The van der Waals surface area contributed by atoms with Gasteiger partial charge < -0.3 is 0 Å². The Labute approximate surface area is 124 Å². The first-order chi connectivity index (χ1) is 9.85. The molecule has 0 unspecified atom stereocenters. The molecule has 1 N–H and O–H groups in total. The molecular weight excluding hydrogens is 289 g/mol. The van der Waals surface area contributed by atoms with Crippen LogP contribution in [0.1, 0.15) is 23.6 Å². The lowest BCUT2D eigenvalue weighted by atomic mass is 10.1. The van der Waals surface area contributed by atoms with Crippen molar-refractivity contribution in [2.45, 2.75) is 32.1 Å². The Morgan fingerprint density at radius 3 is 2.52 bits per heavy atom. The zero-order valence-electron chi connectivity index (χ0n) is 12.3. The van der Waals surface area contributed by atoms with Gasteiger partial charge in [-0.3, -0.25) is 4.72 Å². The number of rotatable bonds is 4. The zero-order chi connectivity index (χ0) is 15.6. The molecule has 3 nitrogen and oxygen atoms in total. The number of benzene rings is 2. The van der Waals surface area contributed by atoms with Crippen molar-refractivity contribution in [1.82, 2.24) is 0 Å². The summed E-state index contributed by atoms with van der Waals surface area (Å²) in [6.07, 6.45) is 0.690. The lowest BCUT2D eigenvalue weighted by Gasteiger charge is -2.15. The third-order valence-electron chi connectivity index (χ3n) is 3.35. The highest BCUT2D eigenvalue weighted by Crippen LogP contribution is 2.26. The number of hydrogen-bond acceptors (Lipinski definition) is 2. The van der Waals surface area contributed by atoms with Gasteiger partial charge in [-0.1, -0.05) is 31.2 Å². The highest BCUT2D eigenvalue weighted by Gasteiger charge is 2.21. The monoisotopic (exact) mass is 307 g/mol. The normalized spacial score (nSPS) is 11.4. The van der Waals surface area contributed by atoms with Crippen LogP contribution in [0.3, 0.4) is 0 Å². The number of para-hydroxylation sites is 1. The summed E-state index contributed by atoms with van der Waals surface area (Å²) in [5.74, 6) is -0.750. The molecule has 0 fully saturated rings. The first-order valence-corrected chi connectivity index (χ1v) is 8.21. The average molecular weight is 307 g/mol. The molecule has 0 saturated carbocycles. The van der Waals surface area contributed by atoms with E-state index in [1.807, 2.05) is 32.0 Å². The molecule has 0 amide bonds. The molecule has 0 bridgehead atoms. The van der Waals surface area contributed by atoms with Crippen LogP contribution in [0, 0.1) is 19.7 Å². The minimum Gasteiger partial charge on any atom is -0.279 e. The van der Waals surface area contributed by atoms with E-state index in [-0.39, 0.29) is 4.90 Å². The second kappa shape index (κ2) is 5.85. The van der Waals surface area contributed by atoms with Crippen molar-refractivity contribution in [3.05, 3.63) is 58.9 Å². The summed E-state index contributed by atoms with van der Waals surface area (Å²) in [6, 6.07) is 9.60. The van der Waals surface area contributed by atoms with Gasteiger partial charge in [0, 0.05) is 0 Å². The van der Waals surface area contributed by atoms with Crippen molar-refractivity contribution in [2.24, 2.45) is 0 Å². The van der Waals surface area contributed by atoms with Gasteiger partial charge in [-0.2, -0.15) is 0 Å². The summed E-state index contributed by atoms with van der Waals surface area (Å²) >= 11 is 0. The van der Waals surface area contributed by atoms with Crippen LogP contribution >= 0.6 is 0 Å². The highest BCUT2D eigenvalue weighted by atomic mass is 32.2. The van der Waals surface area contributed by atoms with Gasteiger partial charge in [-0.25, -0.2) is 12.8 Å². The van der Waals surface area contributed by atoms with E-state index in [4.69, 9.17) is 0 Å². The van der Waals surface area contributed by atoms with E-state index in [0.29, 0.717) is 17.7 Å². The Kier molecular flexibility index (Phi) is 4.32. The molecule has 2 rings (SSSR count). The lowest BCUT2D eigenvalue weighted by molar-refractivity contribution is 0.569. The fourth-order valence-electron chi connectivity index (χ4n) is 2.18. The van der Waals surface area contributed by atoms with E-state index in [2.05, 4.69) is 4.72 Å². The van der Waals surface area contributed by atoms with Crippen LogP contribution in [0.5, 0.6) is 0 Å². The van der Waals surface area contributed by atoms with E-state index >= 15 is 0 Å². The topological polar surface area (TPSA) is 46.2 Å². The maximum Gasteiger partial charge on any atom is 0.264 e. The largest absolute Gasteiger partial charge is 0.279 e. The molecule has 0 heterocycles. The molecule has 0 atom stereocenters. The van der Waals surface area contributed by atoms with Crippen LogP contribution in [0.25, 0.3) is 0 Å².